The molecule has 22 heavy (non-hydrogen) atoms. The van der Waals surface area contributed by atoms with Gasteiger partial charge in [0.05, 0.1) is 20.8 Å². The van der Waals surface area contributed by atoms with E-state index in [4.69, 9.17) is 46.3 Å². The zero-order chi connectivity index (χ0) is 15.9. The van der Waals surface area contributed by atoms with Gasteiger partial charge in [0, 0.05) is 0 Å². The van der Waals surface area contributed by atoms with Crippen LogP contribution in [0.1, 0.15) is 32.1 Å². The number of hydrogen-bond acceptors (Lipinski definition) is 5. The first-order chi connectivity index (χ1) is 10.4. The molecular weight excluding hydrogens is 345 g/mol. The first-order valence-electron chi connectivity index (χ1n) is 7.07. The molecular formula is C14H16Cl3N5. The molecule has 1 heterocycles. The van der Waals surface area contributed by atoms with E-state index in [1.807, 2.05) is 4.90 Å². The molecule has 0 atom stereocenters. The predicted octanol–water partition coefficient (Wildman–Crippen LogP) is 3.76. The van der Waals surface area contributed by atoms with E-state index in [9.17, 15) is 0 Å². The summed E-state index contributed by atoms with van der Waals surface area (Å²) in [7, 11) is 0. The summed E-state index contributed by atoms with van der Waals surface area (Å²) in [6, 6.07) is 3.30. The Morgan fingerprint density at radius 3 is 2.27 bits per heavy atom. The molecule has 2 aliphatic rings. The number of nitrogens with zero attached hydrogens (tertiary/aromatic N) is 3. The van der Waals surface area contributed by atoms with Crippen molar-refractivity contribution in [3.63, 3.8) is 0 Å². The van der Waals surface area contributed by atoms with E-state index in [2.05, 4.69) is 9.98 Å². The van der Waals surface area contributed by atoms with Gasteiger partial charge in [-0.05, 0) is 37.8 Å². The highest BCUT2D eigenvalue weighted by Crippen LogP contribution is 2.43. The molecule has 0 saturated heterocycles. The third kappa shape index (κ3) is 2.62. The molecule has 1 spiro atoms. The first-order valence-corrected chi connectivity index (χ1v) is 8.21. The number of guanidine groups is 2. The summed E-state index contributed by atoms with van der Waals surface area (Å²) in [5.74, 6) is 0.474. The molecule has 1 aromatic carbocycles. The lowest BCUT2D eigenvalue weighted by Gasteiger charge is -2.45. The Kier molecular flexibility index (Phi) is 4.14. The van der Waals surface area contributed by atoms with Crippen molar-refractivity contribution < 1.29 is 0 Å². The van der Waals surface area contributed by atoms with E-state index in [1.54, 1.807) is 12.1 Å². The highest BCUT2D eigenvalue weighted by Gasteiger charge is 2.43. The Hall–Kier alpha value is -1.17. The third-order valence-corrected chi connectivity index (χ3v) is 5.11. The molecule has 4 N–H and O–H groups in total. The summed E-state index contributed by atoms with van der Waals surface area (Å²) in [5.41, 5.74) is 12.1. The SMILES string of the molecule is NC1=NC2(CCCCC2)N(c2cc(Cl)c(Cl)cc2Cl)C(N)=N1. The van der Waals surface area contributed by atoms with Crippen molar-refractivity contribution in [2.45, 2.75) is 37.8 Å². The quantitative estimate of drug-likeness (QED) is 0.748. The maximum absolute atomic E-state index is 6.36. The van der Waals surface area contributed by atoms with Crippen LogP contribution >= 0.6 is 34.8 Å². The predicted molar refractivity (Wildman–Crippen MR) is 93.0 cm³/mol. The van der Waals surface area contributed by atoms with Gasteiger partial charge in [-0.3, -0.25) is 4.90 Å². The van der Waals surface area contributed by atoms with Crippen LogP contribution in [0.25, 0.3) is 0 Å². The van der Waals surface area contributed by atoms with E-state index in [0.717, 1.165) is 32.1 Å². The number of aliphatic imine (C=N–C) groups is 2. The molecule has 1 saturated carbocycles. The molecule has 5 nitrogen and oxygen atoms in total. The van der Waals surface area contributed by atoms with Crippen LogP contribution in [0.3, 0.4) is 0 Å². The van der Waals surface area contributed by atoms with Crippen molar-refractivity contribution >= 4 is 52.4 Å². The van der Waals surface area contributed by atoms with Gasteiger partial charge >= 0.3 is 0 Å². The molecule has 118 valence electrons. The molecule has 0 aromatic heterocycles. The van der Waals surface area contributed by atoms with E-state index in [1.165, 1.54) is 0 Å². The lowest BCUT2D eigenvalue weighted by Crippen LogP contribution is -2.58. The summed E-state index contributed by atoms with van der Waals surface area (Å²) in [6.07, 6.45) is 4.91. The minimum Gasteiger partial charge on any atom is -0.369 e. The average Bonchev–Trinajstić information content (AvgIpc) is 2.44. The van der Waals surface area contributed by atoms with Gasteiger partial charge in [-0.2, -0.15) is 4.99 Å². The zero-order valence-corrected chi connectivity index (χ0v) is 14.1. The molecule has 0 unspecified atom stereocenters. The second kappa shape index (κ2) is 5.80. The van der Waals surface area contributed by atoms with Crippen LogP contribution in [-0.4, -0.2) is 17.6 Å². The van der Waals surface area contributed by atoms with Crippen LogP contribution in [0.5, 0.6) is 0 Å². The summed E-state index contributed by atoms with van der Waals surface area (Å²) in [4.78, 5) is 10.5. The molecule has 8 heteroatoms. The minimum absolute atomic E-state index is 0.201. The van der Waals surface area contributed by atoms with Crippen molar-refractivity contribution in [3.05, 3.63) is 27.2 Å². The third-order valence-electron chi connectivity index (χ3n) is 4.08. The normalized spacial score (nSPS) is 20.8. The van der Waals surface area contributed by atoms with Gasteiger partial charge < -0.3 is 11.5 Å². The Morgan fingerprint density at radius 1 is 0.955 bits per heavy atom. The van der Waals surface area contributed by atoms with Crippen molar-refractivity contribution in [2.24, 2.45) is 21.5 Å². The van der Waals surface area contributed by atoms with Gasteiger partial charge in [0.15, 0.2) is 0 Å². The molecule has 1 fully saturated rings. The Morgan fingerprint density at radius 2 is 1.59 bits per heavy atom. The molecule has 3 rings (SSSR count). The van der Waals surface area contributed by atoms with Gasteiger partial charge in [0.2, 0.25) is 11.9 Å². The van der Waals surface area contributed by atoms with Crippen LogP contribution in [0.4, 0.5) is 5.69 Å². The van der Waals surface area contributed by atoms with E-state index < -0.39 is 5.66 Å². The monoisotopic (exact) mass is 359 g/mol. The topological polar surface area (TPSA) is 80.0 Å². The van der Waals surface area contributed by atoms with Crippen LogP contribution in [0.2, 0.25) is 15.1 Å². The second-order valence-electron chi connectivity index (χ2n) is 5.54. The molecule has 0 bridgehead atoms. The summed E-state index contributed by atoms with van der Waals surface area (Å²) in [5, 5.41) is 1.25. The maximum Gasteiger partial charge on any atom is 0.220 e. The van der Waals surface area contributed by atoms with Gasteiger partial charge in [-0.25, -0.2) is 4.99 Å². The Labute approximate surface area is 143 Å². The zero-order valence-electron chi connectivity index (χ0n) is 11.8. The van der Waals surface area contributed by atoms with Gasteiger partial charge in [0.25, 0.3) is 0 Å². The fourth-order valence-corrected chi connectivity index (χ4v) is 3.78. The largest absolute Gasteiger partial charge is 0.369 e. The Balaban J connectivity index is 2.14. The second-order valence-corrected chi connectivity index (χ2v) is 6.76. The van der Waals surface area contributed by atoms with Gasteiger partial charge in [0.1, 0.15) is 5.66 Å². The molecule has 0 radical (unpaired) electrons. The van der Waals surface area contributed by atoms with Crippen molar-refractivity contribution in [1.82, 2.24) is 0 Å². The van der Waals surface area contributed by atoms with E-state index in [-0.39, 0.29) is 11.9 Å². The fraction of sp³-hybridized carbons (Fsp3) is 0.429. The molecule has 1 aromatic rings. The standard InChI is InChI=1S/C14H16Cl3N5/c15-8-6-10(17)11(7-9(8)16)22-13(19)20-12(18)21-14(22)4-2-1-3-5-14/h6-7H,1-5H2,(H4,18,19,20,21). The van der Waals surface area contributed by atoms with Crippen molar-refractivity contribution in [2.75, 3.05) is 4.90 Å². The lowest BCUT2D eigenvalue weighted by atomic mass is 9.87. The summed E-state index contributed by atoms with van der Waals surface area (Å²) in [6.45, 7) is 0. The van der Waals surface area contributed by atoms with Crippen LogP contribution in [-0.2, 0) is 0 Å². The number of halogens is 3. The number of nitrogens with two attached hydrogens (primary N) is 2. The molecule has 0 amide bonds. The van der Waals surface area contributed by atoms with E-state index >= 15 is 0 Å². The Bertz CT molecular complexity index is 665. The first kappa shape index (κ1) is 15.7. The fourth-order valence-electron chi connectivity index (χ4n) is 3.15. The average molecular weight is 361 g/mol. The highest BCUT2D eigenvalue weighted by atomic mass is 35.5. The number of hydrogen-bond donors (Lipinski definition) is 2. The van der Waals surface area contributed by atoms with Gasteiger partial charge in [-0.1, -0.05) is 41.2 Å². The number of anilines is 1. The smallest absolute Gasteiger partial charge is 0.220 e. The van der Waals surface area contributed by atoms with Crippen LogP contribution < -0.4 is 16.4 Å². The highest BCUT2D eigenvalue weighted by molar-refractivity contribution is 6.44. The lowest BCUT2D eigenvalue weighted by molar-refractivity contribution is 0.305. The molecule has 1 aliphatic heterocycles. The van der Waals surface area contributed by atoms with Crippen LogP contribution in [0.15, 0.2) is 22.1 Å². The summed E-state index contributed by atoms with van der Waals surface area (Å²) >= 11 is 18.5. The van der Waals surface area contributed by atoms with Crippen molar-refractivity contribution in [3.8, 4) is 0 Å². The number of benzene rings is 1. The molecule has 1 aliphatic carbocycles. The summed E-state index contributed by atoms with van der Waals surface area (Å²) < 4.78 is 0. The maximum atomic E-state index is 6.36. The number of rotatable bonds is 1. The van der Waals surface area contributed by atoms with E-state index in [0.29, 0.717) is 20.8 Å². The van der Waals surface area contributed by atoms with Crippen molar-refractivity contribution in [1.29, 1.82) is 0 Å². The van der Waals surface area contributed by atoms with Crippen LogP contribution in [0, 0.1) is 0 Å². The minimum atomic E-state index is -0.547. The van der Waals surface area contributed by atoms with Gasteiger partial charge in [-0.15, -0.1) is 0 Å².